The molecule has 1 saturated heterocycles. The zero-order valence-corrected chi connectivity index (χ0v) is 14.0. The van der Waals surface area contributed by atoms with Crippen molar-refractivity contribution < 1.29 is 9.53 Å². The van der Waals surface area contributed by atoms with E-state index in [2.05, 4.69) is 21.0 Å². The maximum Gasteiger partial charge on any atom is 0.253 e. The Kier molecular flexibility index (Phi) is 5.38. The molecule has 122 valence electrons. The molecular weight excluding hydrogens is 310 g/mol. The molecule has 1 aliphatic heterocycles. The molecule has 0 bridgehead atoms. The highest BCUT2D eigenvalue weighted by molar-refractivity contribution is 7.09. The summed E-state index contributed by atoms with van der Waals surface area (Å²) in [6, 6.07) is 7.89. The molecule has 2 N–H and O–H groups in total. The van der Waals surface area contributed by atoms with Crippen molar-refractivity contribution in [3.05, 3.63) is 45.9 Å². The van der Waals surface area contributed by atoms with Crippen LogP contribution in [0.15, 0.2) is 29.6 Å². The van der Waals surface area contributed by atoms with Gasteiger partial charge in [-0.3, -0.25) is 4.79 Å². The average Bonchev–Trinajstić information content (AvgIpc) is 3.19. The molecule has 1 aromatic heterocycles. The number of nitrogens with one attached hydrogen (secondary N) is 2. The zero-order chi connectivity index (χ0) is 16.1. The molecule has 1 aliphatic rings. The third kappa shape index (κ3) is 4.60. The van der Waals surface area contributed by atoms with Gasteiger partial charge in [0.25, 0.3) is 5.91 Å². The Morgan fingerprint density at radius 1 is 1.43 bits per heavy atom. The lowest BCUT2D eigenvalue weighted by Crippen LogP contribution is -2.26. The zero-order valence-electron chi connectivity index (χ0n) is 13.2. The van der Waals surface area contributed by atoms with E-state index >= 15 is 0 Å². The van der Waals surface area contributed by atoms with Crippen LogP contribution in [-0.2, 0) is 22.6 Å². The van der Waals surface area contributed by atoms with Gasteiger partial charge in [-0.05, 0) is 37.5 Å². The van der Waals surface area contributed by atoms with Crippen LogP contribution in [0.4, 0.5) is 5.69 Å². The summed E-state index contributed by atoms with van der Waals surface area (Å²) in [5, 5.41) is 9.46. The SMILES string of the molecule is Cc1nc(CNCc2cccc(NC(=O)[C@@H]3CCCO3)c2)cs1. The van der Waals surface area contributed by atoms with Gasteiger partial charge in [-0.15, -0.1) is 11.3 Å². The van der Waals surface area contributed by atoms with Crippen LogP contribution in [0.1, 0.15) is 29.1 Å². The number of amides is 1. The van der Waals surface area contributed by atoms with E-state index < -0.39 is 0 Å². The number of rotatable bonds is 6. The molecule has 1 fully saturated rings. The van der Waals surface area contributed by atoms with Gasteiger partial charge in [0.2, 0.25) is 0 Å². The number of hydrogen-bond acceptors (Lipinski definition) is 5. The second kappa shape index (κ2) is 7.68. The molecule has 6 heteroatoms. The first kappa shape index (κ1) is 16.1. The largest absolute Gasteiger partial charge is 0.368 e. The second-order valence-corrected chi connectivity index (χ2v) is 6.71. The van der Waals surface area contributed by atoms with E-state index in [9.17, 15) is 4.79 Å². The number of aromatic nitrogens is 1. The highest BCUT2D eigenvalue weighted by Crippen LogP contribution is 2.16. The number of ether oxygens (including phenoxy) is 1. The minimum absolute atomic E-state index is 0.0504. The van der Waals surface area contributed by atoms with Crippen LogP contribution in [0.2, 0.25) is 0 Å². The number of aryl methyl sites for hydroxylation is 1. The van der Waals surface area contributed by atoms with E-state index in [1.165, 1.54) is 0 Å². The maximum atomic E-state index is 12.1. The normalized spacial score (nSPS) is 17.3. The molecule has 1 amide bonds. The predicted octanol–water partition coefficient (Wildman–Crippen LogP) is 2.86. The lowest BCUT2D eigenvalue weighted by atomic mass is 10.2. The molecule has 2 heterocycles. The van der Waals surface area contributed by atoms with E-state index in [1.54, 1.807) is 11.3 Å². The van der Waals surface area contributed by atoms with Gasteiger partial charge in [0.1, 0.15) is 6.10 Å². The van der Waals surface area contributed by atoms with Crippen molar-refractivity contribution >= 4 is 22.9 Å². The number of nitrogens with zero attached hydrogens (tertiary/aromatic N) is 1. The maximum absolute atomic E-state index is 12.1. The number of anilines is 1. The van der Waals surface area contributed by atoms with Gasteiger partial charge in [-0.1, -0.05) is 12.1 Å². The molecule has 3 rings (SSSR count). The van der Waals surface area contributed by atoms with Crippen molar-refractivity contribution in [1.82, 2.24) is 10.3 Å². The standard InChI is InChI=1S/C17H21N3O2S/c1-12-19-15(11-23-12)10-18-9-13-4-2-5-14(8-13)20-17(21)16-6-3-7-22-16/h2,4-5,8,11,16,18H,3,6-7,9-10H2,1H3,(H,20,21)/t16-/m0/s1. The second-order valence-electron chi connectivity index (χ2n) is 5.65. The summed E-state index contributed by atoms with van der Waals surface area (Å²) in [6.07, 6.45) is 1.46. The van der Waals surface area contributed by atoms with Gasteiger partial charge in [0.15, 0.2) is 0 Å². The Bertz CT molecular complexity index is 665. The summed E-state index contributed by atoms with van der Waals surface area (Å²) < 4.78 is 5.40. The first-order chi connectivity index (χ1) is 11.2. The van der Waals surface area contributed by atoms with Crippen LogP contribution < -0.4 is 10.6 Å². The van der Waals surface area contributed by atoms with Gasteiger partial charge in [-0.2, -0.15) is 0 Å². The Morgan fingerprint density at radius 3 is 3.09 bits per heavy atom. The molecule has 0 spiro atoms. The first-order valence-corrected chi connectivity index (χ1v) is 8.72. The molecule has 0 aliphatic carbocycles. The van der Waals surface area contributed by atoms with Crippen LogP contribution in [-0.4, -0.2) is 23.6 Å². The van der Waals surface area contributed by atoms with Crippen molar-refractivity contribution in [2.24, 2.45) is 0 Å². The summed E-state index contributed by atoms with van der Waals surface area (Å²) in [6.45, 7) is 4.17. The van der Waals surface area contributed by atoms with Gasteiger partial charge in [0.05, 0.1) is 10.7 Å². The number of carbonyl (C=O) groups excluding carboxylic acids is 1. The number of thiazole rings is 1. The van der Waals surface area contributed by atoms with Gasteiger partial charge >= 0.3 is 0 Å². The molecule has 0 saturated carbocycles. The summed E-state index contributed by atoms with van der Waals surface area (Å²) in [5.74, 6) is -0.0504. The Labute approximate surface area is 140 Å². The van der Waals surface area contributed by atoms with Crippen molar-refractivity contribution in [3.63, 3.8) is 0 Å². The van der Waals surface area contributed by atoms with Gasteiger partial charge in [0, 0.05) is 30.8 Å². The molecule has 5 nitrogen and oxygen atoms in total. The molecule has 1 atom stereocenters. The Balaban J connectivity index is 1.51. The Hall–Kier alpha value is -1.76. The monoisotopic (exact) mass is 331 g/mol. The third-order valence-electron chi connectivity index (χ3n) is 3.72. The van der Waals surface area contributed by atoms with Crippen LogP contribution in [0, 0.1) is 6.92 Å². The van der Waals surface area contributed by atoms with Crippen molar-refractivity contribution in [2.75, 3.05) is 11.9 Å². The van der Waals surface area contributed by atoms with Crippen molar-refractivity contribution in [2.45, 2.75) is 39.0 Å². The van der Waals surface area contributed by atoms with Crippen LogP contribution in [0.25, 0.3) is 0 Å². The number of carbonyl (C=O) groups is 1. The minimum Gasteiger partial charge on any atom is -0.368 e. The summed E-state index contributed by atoms with van der Waals surface area (Å²) in [4.78, 5) is 16.5. The summed E-state index contributed by atoms with van der Waals surface area (Å²) in [7, 11) is 0. The molecule has 0 radical (unpaired) electrons. The quantitative estimate of drug-likeness (QED) is 0.854. The third-order valence-corrected chi connectivity index (χ3v) is 4.54. The van der Waals surface area contributed by atoms with Gasteiger partial charge < -0.3 is 15.4 Å². The average molecular weight is 331 g/mol. The number of benzene rings is 1. The van der Waals surface area contributed by atoms with E-state index in [0.717, 1.165) is 47.9 Å². The Morgan fingerprint density at radius 2 is 2.35 bits per heavy atom. The highest BCUT2D eigenvalue weighted by atomic mass is 32.1. The fourth-order valence-corrected chi connectivity index (χ4v) is 3.20. The first-order valence-electron chi connectivity index (χ1n) is 7.84. The van der Waals surface area contributed by atoms with Crippen LogP contribution >= 0.6 is 11.3 Å². The highest BCUT2D eigenvalue weighted by Gasteiger charge is 2.23. The molecule has 23 heavy (non-hydrogen) atoms. The number of hydrogen-bond donors (Lipinski definition) is 2. The summed E-state index contributed by atoms with van der Waals surface area (Å²) >= 11 is 1.66. The minimum atomic E-state index is -0.301. The fraction of sp³-hybridized carbons (Fsp3) is 0.412. The van der Waals surface area contributed by atoms with E-state index in [-0.39, 0.29) is 12.0 Å². The van der Waals surface area contributed by atoms with Gasteiger partial charge in [-0.25, -0.2) is 4.98 Å². The molecular formula is C17H21N3O2S. The van der Waals surface area contributed by atoms with Crippen molar-refractivity contribution in [3.8, 4) is 0 Å². The lowest BCUT2D eigenvalue weighted by Gasteiger charge is -2.11. The van der Waals surface area contributed by atoms with E-state index in [4.69, 9.17) is 4.74 Å². The lowest BCUT2D eigenvalue weighted by molar-refractivity contribution is -0.124. The fourth-order valence-electron chi connectivity index (χ4n) is 2.59. The smallest absolute Gasteiger partial charge is 0.253 e. The molecule has 0 unspecified atom stereocenters. The van der Waals surface area contributed by atoms with Crippen LogP contribution in [0.5, 0.6) is 0 Å². The van der Waals surface area contributed by atoms with E-state index in [0.29, 0.717) is 6.61 Å². The summed E-state index contributed by atoms with van der Waals surface area (Å²) in [5.41, 5.74) is 3.01. The van der Waals surface area contributed by atoms with E-state index in [1.807, 2.05) is 31.2 Å². The van der Waals surface area contributed by atoms with Crippen molar-refractivity contribution in [1.29, 1.82) is 0 Å². The molecule has 2 aromatic rings. The molecule has 1 aromatic carbocycles. The van der Waals surface area contributed by atoms with Crippen LogP contribution in [0.3, 0.4) is 0 Å². The predicted molar refractivity (Wildman–Crippen MR) is 91.4 cm³/mol. The topological polar surface area (TPSA) is 63.2 Å².